The van der Waals surface area contributed by atoms with Crippen molar-refractivity contribution >= 4 is 5.91 Å². The zero-order valence-electron chi connectivity index (χ0n) is 11.2. The molecule has 0 saturated heterocycles. The number of hydrogen-bond donors (Lipinski definition) is 2. The number of carbonyl (C=O) groups is 1. The molecular formula is C15H25NO2. The highest BCUT2D eigenvalue weighted by molar-refractivity contribution is 5.83. The molecule has 4 fully saturated rings. The van der Waals surface area contributed by atoms with Gasteiger partial charge in [0.1, 0.15) is 0 Å². The molecule has 4 rings (SSSR count). The zero-order valence-corrected chi connectivity index (χ0v) is 11.2. The van der Waals surface area contributed by atoms with Crippen LogP contribution in [-0.2, 0) is 4.79 Å². The van der Waals surface area contributed by atoms with E-state index in [2.05, 4.69) is 5.32 Å². The van der Waals surface area contributed by atoms with E-state index in [-0.39, 0.29) is 12.0 Å². The van der Waals surface area contributed by atoms with Gasteiger partial charge in [-0.2, -0.15) is 0 Å². The summed E-state index contributed by atoms with van der Waals surface area (Å²) in [6.45, 7) is 0.967. The highest BCUT2D eigenvalue weighted by atomic mass is 16.2. The summed E-state index contributed by atoms with van der Waals surface area (Å²) in [6, 6.07) is 0. The fraction of sp³-hybridized carbons (Fsp3) is 0.933. The Morgan fingerprint density at radius 2 is 1.61 bits per heavy atom. The van der Waals surface area contributed by atoms with Gasteiger partial charge in [-0.15, -0.1) is 0 Å². The molecule has 0 atom stereocenters. The summed E-state index contributed by atoms with van der Waals surface area (Å²) in [4.78, 5) is 12.5. The second kappa shape index (κ2) is 4.84. The van der Waals surface area contributed by atoms with Crippen molar-refractivity contribution in [2.45, 2.75) is 51.4 Å². The summed E-state index contributed by atoms with van der Waals surface area (Å²) in [5.74, 6) is 2.82. The average molecular weight is 251 g/mol. The Kier molecular flexibility index (Phi) is 3.35. The maximum atomic E-state index is 12.5. The van der Waals surface area contributed by atoms with E-state index in [1.54, 1.807) is 0 Å². The van der Waals surface area contributed by atoms with Crippen molar-refractivity contribution in [1.29, 1.82) is 0 Å². The Morgan fingerprint density at radius 1 is 1.06 bits per heavy atom. The molecule has 0 aliphatic heterocycles. The second-order valence-corrected chi connectivity index (χ2v) is 6.88. The molecule has 0 aromatic rings. The number of nitrogens with one attached hydrogen (secondary N) is 1. The largest absolute Gasteiger partial charge is 0.396 e. The second-order valence-electron chi connectivity index (χ2n) is 6.88. The van der Waals surface area contributed by atoms with E-state index in [9.17, 15) is 4.79 Å². The van der Waals surface area contributed by atoms with Gasteiger partial charge in [0, 0.05) is 18.6 Å². The van der Waals surface area contributed by atoms with Gasteiger partial charge in [0.05, 0.1) is 0 Å². The fourth-order valence-corrected chi connectivity index (χ4v) is 5.01. The Morgan fingerprint density at radius 3 is 2.11 bits per heavy atom. The average Bonchev–Trinajstić information content (AvgIpc) is 2.32. The molecule has 102 valence electrons. The molecule has 18 heavy (non-hydrogen) atoms. The minimum absolute atomic E-state index is 0.00599. The Labute approximate surface area is 109 Å². The number of amides is 1. The van der Waals surface area contributed by atoms with Gasteiger partial charge >= 0.3 is 0 Å². The monoisotopic (exact) mass is 251 g/mol. The SMILES string of the molecule is O=C(NCCCCO)C12CC3CC(CC(C3)C1)C2. The van der Waals surface area contributed by atoms with Crippen molar-refractivity contribution in [3.05, 3.63) is 0 Å². The number of carbonyl (C=O) groups excluding carboxylic acids is 1. The standard InChI is InChI=1S/C15H25NO2/c17-4-2-1-3-16-14(18)15-8-11-5-12(9-15)7-13(6-11)10-15/h11-13,17H,1-10H2,(H,16,18). The van der Waals surface area contributed by atoms with Crippen LogP contribution >= 0.6 is 0 Å². The highest BCUT2D eigenvalue weighted by Gasteiger charge is 2.54. The van der Waals surface area contributed by atoms with Crippen LogP contribution in [-0.4, -0.2) is 24.2 Å². The van der Waals surface area contributed by atoms with Crippen molar-refractivity contribution in [3.8, 4) is 0 Å². The van der Waals surface area contributed by atoms with Gasteiger partial charge in [-0.1, -0.05) is 0 Å². The summed E-state index contributed by atoms with van der Waals surface area (Å²) in [6.07, 6.45) is 9.28. The van der Waals surface area contributed by atoms with Crippen molar-refractivity contribution in [1.82, 2.24) is 5.32 Å². The Bertz CT molecular complexity index is 291. The zero-order chi connectivity index (χ0) is 12.6. The van der Waals surface area contributed by atoms with Crippen LogP contribution < -0.4 is 5.32 Å². The lowest BCUT2D eigenvalue weighted by Crippen LogP contribution is -2.53. The van der Waals surface area contributed by atoms with E-state index in [1.807, 2.05) is 0 Å². The van der Waals surface area contributed by atoms with Gasteiger partial charge in [0.2, 0.25) is 5.91 Å². The van der Waals surface area contributed by atoms with Crippen molar-refractivity contribution < 1.29 is 9.90 Å². The van der Waals surface area contributed by atoms with Gasteiger partial charge in [-0.25, -0.2) is 0 Å². The van der Waals surface area contributed by atoms with Crippen molar-refractivity contribution in [2.24, 2.45) is 23.2 Å². The Hall–Kier alpha value is -0.570. The Balaban J connectivity index is 1.59. The molecule has 3 nitrogen and oxygen atoms in total. The van der Waals surface area contributed by atoms with E-state index in [0.717, 1.165) is 56.4 Å². The third-order valence-corrected chi connectivity index (χ3v) is 5.39. The molecule has 4 aliphatic rings. The van der Waals surface area contributed by atoms with Gasteiger partial charge < -0.3 is 10.4 Å². The topological polar surface area (TPSA) is 49.3 Å². The smallest absolute Gasteiger partial charge is 0.226 e. The molecule has 1 amide bonds. The summed E-state index contributed by atoms with van der Waals surface area (Å²) in [7, 11) is 0. The number of aliphatic hydroxyl groups excluding tert-OH is 1. The van der Waals surface area contributed by atoms with E-state index in [4.69, 9.17) is 5.11 Å². The molecule has 4 aliphatic carbocycles. The third kappa shape index (κ3) is 2.18. The quantitative estimate of drug-likeness (QED) is 0.735. The lowest BCUT2D eigenvalue weighted by Gasteiger charge is -2.55. The molecule has 4 bridgehead atoms. The molecule has 0 aromatic carbocycles. The van der Waals surface area contributed by atoms with Crippen LogP contribution in [0, 0.1) is 23.2 Å². The molecule has 3 heteroatoms. The van der Waals surface area contributed by atoms with E-state index >= 15 is 0 Å². The molecule has 4 saturated carbocycles. The number of hydrogen-bond acceptors (Lipinski definition) is 2. The van der Waals surface area contributed by atoms with Gasteiger partial charge in [-0.3, -0.25) is 4.79 Å². The predicted octanol–water partition coefficient (Wildman–Crippen LogP) is 2.09. The maximum absolute atomic E-state index is 12.5. The molecule has 2 N–H and O–H groups in total. The lowest BCUT2D eigenvalue weighted by atomic mass is 9.49. The first kappa shape index (κ1) is 12.5. The first-order valence-corrected chi connectivity index (χ1v) is 7.61. The van der Waals surface area contributed by atoms with Crippen LogP contribution in [0.3, 0.4) is 0 Å². The van der Waals surface area contributed by atoms with Gasteiger partial charge in [0.15, 0.2) is 0 Å². The molecule has 0 unspecified atom stereocenters. The summed E-state index contributed by atoms with van der Waals surface area (Å²) in [5.41, 5.74) is -0.00599. The lowest BCUT2D eigenvalue weighted by molar-refractivity contribution is -0.146. The number of aliphatic hydroxyl groups is 1. The molecule has 0 aromatic heterocycles. The van der Waals surface area contributed by atoms with E-state index in [0.29, 0.717) is 5.91 Å². The minimum atomic E-state index is -0.00599. The van der Waals surface area contributed by atoms with Gasteiger partial charge in [-0.05, 0) is 69.1 Å². The van der Waals surface area contributed by atoms with Gasteiger partial charge in [0.25, 0.3) is 0 Å². The van der Waals surface area contributed by atoms with Crippen molar-refractivity contribution in [3.63, 3.8) is 0 Å². The van der Waals surface area contributed by atoms with Crippen LogP contribution in [0.1, 0.15) is 51.4 Å². The molecular weight excluding hydrogens is 226 g/mol. The van der Waals surface area contributed by atoms with Crippen LogP contribution in [0.5, 0.6) is 0 Å². The van der Waals surface area contributed by atoms with Crippen LogP contribution in [0.15, 0.2) is 0 Å². The third-order valence-electron chi connectivity index (χ3n) is 5.39. The summed E-state index contributed by atoms with van der Waals surface area (Å²) >= 11 is 0. The first-order chi connectivity index (χ1) is 8.72. The predicted molar refractivity (Wildman–Crippen MR) is 69.9 cm³/mol. The maximum Gasteiger partial charge on any atom is 0.226 e. The molecule has 0 heterocycles. The van der Waals surface area contributed by atoms with Crippen LogP contribution in [0.4, 0.5) is 0 Å². The fourth-order valence-electron chi connectivity index (χ4n) is 5.01. The van der Waals surface area contributed by atoms with Crippen LogP contribution in [0.25, 0.3) is 0 Å². The summed E-state index contributed by atoms with van der Waals surface area (Å²) in [5, 5.41) is 11.9. The van der Waals surface area contributed by atoms with E-state index in [1.165, 1.54) is 19.3 Å². The van der Waals surface area contributed by atoms with E-state index < -0.39 is 0 Å². The number of unbranched alkanes of at least 4 members (excludes halogenated alkanes) is 1. The first-order valence-electron chi connectivity index (χ1n) is 7.61. The molecule has 0 spiro atoms. The van der Waals surface area contributed by atoms with Crippen molar-refractivity contribution in [2.75, 3.05) is 13.2 Å². The molecule has 0 radical (unpaired) electrons. The normalized spacial score (nSPS) is 41.1. The summed E-state index contributed by atoms with van der Waals surface area (Å²) < 4.78 is 0. The highest BCUT2D eigenvalue weighted by Crippen LogP contribution is 2.60. The minimum Gasteiger partial charge on any atom is -0.396 e. The number of rotatable bonds is 5. The van der Waals surface area contributed by atoms with Crippen LogP contribution in [0.2, 0.25) is 0 Å².